The Hall–Kier alpha value is -11.0. The van der Waals surface area contributed by atoms with E-state index in [1.54, 1.807) is 16.7 Å². The molecule has 0 atom stereocenters. The lowest BCUT2D eigenvalue weighted by atomic mass is 9.88. The Balaban J connectivity index is 0.0000000859. The van der Waals surface area contributed by atoms with E-state index in [0.29, 0.717) is 0 Å². The summed E-state index contributed by atoms with van der Waals surface area (Å²) in [6.07, 6.45) is 12.5. The molecule has 6 aliphatic rings. The summed E-state index contributed by atoms with van der Waals surface area (Å²) in [5.74, 6) is 0. The minimum absolute atomic E-state index is 1.04. The van der Waals surface area contributed by atoms with Gasteiger partial charge in [0.1, 0.15) is 0 Å². The molecule has 1 heteroatoms. The minimum atomic E-state index is 1.04. The molecule has 0 aliphatic heterocycles. The van der Waals surface area contributed by atoms with Crippen molar-refractivity contribution < 1.29 is 0 Å². The van der Waals surface area contributed by atoms with Crippen molar-refractivity contribution >= 4 is 64.8 Å². The zero-order valence-corrected chi connectivity index (χ0v) is 52.1. The molecule has 0 unspecified atom stereocenters. The first-order chi connectivity index (χ1) is 46.1. The summed E-state index contributed by atoms with van der Waals surface area (Å²) in [6, 6.07) is 106. The van der Waals surface area contributed by atoms with E-state index in [9.17, 15) is 0 Å². The van der Waals surface area contributed by atoms with Crippen molar-refractivity contribution in [1.29, 1.82) is 0 Å². The predicted octanol–water partition coefficient (Wildman–Crippen LogP) is 23.5. The number of fused-ring (bicyclic) bond motifs is 27. The second kappa shape index (κ2) is 23.0. The number of hydrogen-bond acceptors (Lipinski definition) is 1. The average Bonchev–Trinajstić information content (AvgIpc) is 1.72. The third-order valence-electron chi connectivity index (χ3n) is 20.8. The van der Waals surface area contributed by atoms with Crippen LogP contribution in [0.25, 0.3) is 120 Å². The van der Waals surface area contributed by atoms with Crippen molar-refractivity contribution in [1.82, 2.24) is 4.98 Å². The minimum Gasteiger partial charge on any atom is -0.256 e. The molecular formula is C92H67N. The van der Waals surface area contributed by atoms with Crippen LogP contribution in [0.3, 0.4) is 0 Å². The molecule has 1 heterocycles. The van der Waals surface area contributed by atoms with Crippen LogP contribution in [-0.4, -0.2) is 4.98 Å². The molecular weight excluding hydrogens is 1120 g/mol. The molecule has 6 aliphatic carbocycles. The van der Waals surface area contributed by atoms with Gasteiger partial charge in [-0.25, -0.2) is 0 Å². The van der Waals surface area contributed by atoms with Gasteiger partial charge >= 0.3 is 0 Å². The first-order valence-corrected chi connectivity index (χ1v) is 33.4. The molecule has 0 radical (unpaired) electrons. The quantitative estimate of drug-likeness (QED) is 0.138. The van der Waals surface area contributed by atoms with Gasteiger partial charge in [-0.1, -0.05) is 267 Å². The van der Waals surface area contributed by atoms with E-state index in [1.165, 1.54) is 191 Å². The largest absolute Gasteiger partial charge is 0.256 e. The van der Waals surface area contributed by atoms with Gasteiger partial charge in [0.25, 0.3) is 0 Å². The van der Waals surface area contributed by atoms with Crippen molar-refractivity contribution in [3.63, 3.8) is 0 Å². The molecule has 0 fully saturated rings. The molecule has 440 valence electrons. The highest BCUT2D eigenvalue weighted by Gasteiger charge is 2.26. The molecule has 0 N–H and O–H groups in total. The zero-order valence-electron chi connectivity index (χ0n) is 52.1. The van der Waals surface area contributed by atoms with E-state index in [0.717, 1.165) is 37.6 Å². The van der Waals surface area contributed by atoms with Crippen LogP contribution >= 0.6 is 0 Å². The Morgan fingerprint density at radius 2 is 0.613 bits per heavy atom. The molecule has 15 aromatic carbocycles. The number of aryl methyl sites for hydroxylation is 2. The Bertz CT molecular complexity index is 5550. The van der Waals surface area contributed by atoms with E-state index in [4.69, 9.17) is 0 Å². The standard InChI is InChI=1S/2C21H14.C17H16.C17H12.C16H11N/c1-3-7-16-14(5-1)9-10-20-18(16)11-12-19-17-8-4-2-6-15(17)13-21(19)20;1-2-8-15-14(7-1)13-20-18-11-4-3-9-16(18)17-10-5-6-12-19(17)21(15)20;2*1-2-6-13-11-17-15(9-12(13)5-1)10-14-7-3-4-8-16(14)17;1-2-6-14-11(4-1)8-13-10-16-12(9-15(13)14)5-3-7-17-16/h2*1-12H,13H2;3-4,7-9,11H,1-2,5-6,10H2;1-9,11H,10H2;1-7,9-10H,8H2. The van der Waals surface area contributed by atoms with E-state index in [2.05, 4.69) is 290 Å². The monoisotopic (exact) mass is 1190 g/mol. The number of hydrogen-bond donors (Lipinski definition) is 0. The molecule has 0 amide bonds. The van der Waals surface area contributed by atoms with Gasteiger partial charge < -0.3 is 0 Å². The van der Waals surface area contributed by atoms with Gasteiger partial charge in [0.05, 0.1) is 5.52 Å². The maximum atomic E-state index is 4.42. The van der Waals surface area contributed by atoms with Gasteiger partial charge in [0.2, 0.25) is 0 Å². The average molecular weight is 1190 g/mol. The Labute approximate surface area is 544 Å². The summed E-state index contributed by atoms with van der Waals surface area (Å²) in [7, 11) is 0. The van der Waals surface area contributed by atoms with Crippen LogP contribution in [0.4, 0.5) is 0 Å². The van der Waals surface area contributed by atoms with Crippen molar-refractivity contribution in [2.24, 2.45) is 0 Å². The fraction of sp³-hybridized carbons (Fsp3) is 0.0978. The Morgan fingerprint density at radius 3 is 1.27 bits per heavy atom. The van der Waals surface area contributed by atoms with Crippen LogP contribution in [0.5, 0.6) is 0 Å². The van der Waals surface area contributed by atoms with Gasteiger partial charge in [-0.05, 0) is 258 Å². The SMILES string of the molecule is c1ccc2c(c1)Cc1c-2c2ccccc2c2ccccc12.c1ccc2c(c1)Cc1c-2ccc2c1ccc1ccccc12.c1ccc2c(c1)Cc1cc3c(cc1-2)CCCC3.c1ccc2c(c1)Cc1cc3ccccc3cc1-2.c1ccc2c(c1)Cc1cc3ncccc3cc1-2. The van der Waals surface area contributed by atoms with Gasteiger partial charge in [-0.15, -0.1) is 0 Å². The second-order valence-electron chi connectivity index (χ2n) is 26.1. The summed E-state index contributed by atoms with van der Waals surface area (Å²) < 4.78 is 0. The lowest BCUT2D eigenvalue weighted by Crippen LogP contribution is -2.03. The number of benzene rings is 15. The van der Waals surface area contributed by atoms with Crippen molar-refractivity contribution in [2.75, 3.05) is 0 Å². The molecule has 1 nitrogen and oxygen atoms in total. The first kappa shape index (κ1) is 54.9. The van der Waals surface area contributed by atoms with Crippen LogP contribution in [-0.2, 0) is 44.9 Å². The fourth-order valence-electron chi connectivity index (χ4n) is 16.4. The normalized spacial score (nSPS) is 13.2. The molecule has 0 saturated heterocycles. The third kappa shape index (κ3) is 9.73. The Morgan fingerprint density at radius 1 is 0.204 bits per heavy atom. The van der Waals surface area contributed by atoms with E-state index in [-0.39, 0.29) is 0 Å². The number of aromatic nitrogens is 1. The molecule has 0 saturated carbocycles. The lowest BCUT2D eigenvalue weighted by Gasteiger charge is -2.17. The third-order valence-corrected chi connectivity index (χ3v) is 20.8. The van der Waals surface area contributed by atoms with Crippen LogP contribution < -0.4 is 0 Å². The van der Waals surface area contributed by atoms with E-state index >= 15 is 0 Å². The van der Waals surface area contributed by atoms with Crippen LogP contribution in [0.15, 0.2) is 297 Å². The van der Waals surface area contributed by atoms with E-state index < -0.39 is 0 Å². The maximum absolute atomic E-state index is 4.42. The maximum Gasteiger partial charge on any atom is 0.0705 e. The smallest absolute Gasteiger partial charge is 0.0705 e. The summed E-state index contributed by atoms with van der Waals surface area (Å²) in [5.41, 5.74) is 33.2. The fourth-order valence-corrected chi connectivity index (χ4v) is 16.4. The summed E-state index contributed by atoms with van der Waals surface area (Å²) in [4.78, 5) is 4.42. The number of nitrogens with zero attached hydrogens (tertiary/aromatic N) is 1. The van der Waals surface area contributed by atoms with Crippen molar-refractivity contribution in [3.05, 3.63) is 364 Å². The van der Waals surface area contributed by atoms with Crippen LogP contribution in [0, 0.1) is 0 Å². The highest BCUT2D eigenvalue weighted by Crippen LogP contribution is 2.47. The number of rotatable bonds is 0. The molecule has 22 rings (SSSR count). The van der Waals surface area contributed by atoms with Crippen molar-refractivity contribution in [3.8, 4) is 55.6 Å². The van der Waals surface area contributed by atoms with Gasteiger partial charge in [-0.2, -0.15) is 0 Å². The molecule has 0 bridgehead atoms. The summed E-state index contributed by atoms with van der Waals surface area (Å²) in [6.45, 7) is 0. The van der Waals surface area contributed by atoms with Crippen LogP contribution in [0.1, 0.15) is 79.6 Å². The lowest BCUT2D eigenvalue weighted by molar-refractivity contribution is 0.685. The molecule has 93 heavy (non-hydrogen) atoms. The van der Waals surface area contributed by atoms with Gasteiger partial charge in [0.15, 0.2) is 0 Å². The molecule has 1 aromatic heterocycles. The Kier molecular flexibility index (Phi) is 13.6. The highest BCUT2D eigenvalue weighted by atomic mass is 14.6. The van der Waals surface area contributed by atoms with Crippen LogP contribution in [0.2, 0.25) is 0 Å². The van der Waals surface area contributed by atoms with Gasteiger partial charge in [0, 0.05) is 11.6 Å². The summed E-state index contributed by atoms with van der Waals surface area (Å²) >= 11 is 0. The topological polar surface area (TPSA) is 12.9 Å². The summed E-state index contributed by atoms with van der Waals surface area (Å²) in [5, 5.41) is 14.9. The predicted molar refractivity (Wildman–Crippen MR) is 393 cm³/mol. The second-order valence-corrected chi connectivity index (χ2v) is 26.1. The first-order valence-electron chi connectivity index (χ1n) is 33.4. The van der Waals surface area contributed by atoms with E-state index in [1.807, 2.05) is 12.3 Å². The van der Waals surface area contributed by atoms with Gasteiger partial charge in [-0.3, -0.25) is 4.98 Å². The molecule has 16 aromatic rings. The van der Waals surface area contributed by atoms with Crippen molar-refractivity contribution in [2.45, 2.75) is 57.8 Å². The zero-order chi connectivity index (χ0) is 61.3. The number of pyridine rings is 1. The molecule has 0 spiro atoms. The highest BCUT2D eigenvalue weighted by molar-refractivity contribution is 6.17.